The van der Waals surface area contributed by atoms with E-state index in [1.54, 1.807) is 11.6 Å². The molecule has 0 saturated heterocycles. The summed E-state index contributed by atoms with van der Waals surface area (Å²) >= 11 is 0. The lowest BCUT2D eigenvalue weighted by atomic mass is 9.87. The van der Waals surface area contributed by atoms with Gasteiger partial charge in [-0.1, -0.05) is 0 Å². The highest BCUT2D eigenvalue weighted by Crippen LogP contribution is 1.77. The second-order valence-corrected chi connectivity index (χ2v) is 1.80. The maximum Gasteiger partial charge on any atom is 0.507 e. The molecule has 5 heteroatoms. The number of rotatable bonds is 1. The summed E-state index contributed by atoms with van der Waals surface area (Å²) in [5.74, 6) is 0. The second-order valence-electron chi connectivity index (χ2n) is 1.80. The monoisotopic (exact) mass is 126 g/mol. The van der Waals surface area contributed by atoms with Gasteiger partial charge in [0.15, 0.2) is 0 Å². The van der Waals surface area contributed by atoms with E-state index in [1.165, 1.54) is 12.5 Å². The van der Waals surface area contributed by atoms with E-state index in [9.17, 15) is 0 Å². The quantitative estimate of drug-likeness (QED) is 0.432. The Kier molecular flexibility index (Phi) is 1.55. The zero-order valence-corrected chi connectivity index (χ0v) is 5.02. The van der Waals surface area contributed by atoms with E-state index in [4.69, 9.17) is 10.0 Å². The fraction of sp³-hybridized carbons (Fsp3) is 0.250. The van der Waals surface area contributed by atoms with Crippen molar-refractivity contribution in [1.82, 2.24) is 9.55 Å². The second kappa shape index (κ2) is 2.20. The Morgan fingerprint density at radius 3 is 2.56 bits per heavy atom. The van der Waals surface area contributed by atoms with Crippen LogP contribution in [0.15, 0.2) is 12.5 Å². The molecule has 1 rings (SSSR count). The zero-order valence-electron chi connectivity index (χ0n) is 5.02. The van der Waals surface area contributed by atoms with Crippen LogP contribution in [0.2, 0.25) is 0 Å². The summed E-state index contributed by atoms with van der Waals surface area (Å²) in [6.45, 7) is 0. The van der Waals surface area contributed by atoms with Crippen LogP contribution in [-0.2, 0) is 7.05 Å². The fourth-order valence-electron chi connectivity index (χ4n) is 0.616. The first-order chi connectivity index (χ1) is 4.22. The van der Waals surface area contributed by atoms with Gasteiger partial charge in [0.25, 0.3) is 0 Å². The topological polar surface area (TPSA) is 58.3 Å². The van der Waals surface area contributed by atoms with Gasteiger partial charge in [-0.25, -0.2) is 4.98 Å². The molecule has 1 aromatic rings. The molecule has 0 saturated carbocycles. The number of aromatic nitrogens is 2. The summed E-state index contributed by atoms with van der Waals surface area (Å²) in [6, 6.07) is 0. The van der Waals surface area contributed by atoms with Crippen LogP contribution >= 0.6 is 0 Å². The molecule has 1 aromatic heterocycles. The minimum atomic E-state index is -1.42. The molecule has 0 fully saturated rings. The van der Waals surface area contributed by atoms with Crippen molar-refractivity contribution >= 4 is 12.7 Å². The standard InChI is InChI=1S/C4H7BN2O2/c1-7-3-6-2-4(7)5(8)9/h2-3,8-9H,1H3. The third-order valence-corrected chi connectivity index (χ3v) is 1.12. The van der Waals surface area contributed by atoms with E-state index < -0.39 is 7.12 Å². The molecular formula is C4H7BN2O2. The minimum absolute atomic E-state index is 0.398. The molecule has 9 heavy (non-hydrogen) atoms. The van der Waals surface area contributed by atoms with Gasteiger partial charge in [0.05, 0.1) is 11.9 Å². The van der Waals surface area contributed by atoms with Gasteiger partial charge in [0.2, 0.25) is 0 Å². The van der Waals surface area contributed by atoms with Gasteiger partial charge in [0.1, 0.15) is 0 Å². The van der Waals surface area contributed by atoms with Crippen molar-refractivity contribution in [3.63, 3.8) is 0 Å². The molecule has 0 aromatic carbocycles. The van der Waals surface area contributed by atoms with Crippen LogP contribution in [0, 0.1) is 0 Å². The van der Waals surface area contributed by atoms with Crippen LogP contribution in [0.5, 0.6) is 0 Å². The molecule has 0 bridgehead atoms. The smallest absolute Gasteiger partial charge is 0.422 e. The summed E-state index contributed by atoms with van der Waals surface area (Å²) < 4.78 is 1.55. The van der Waals surface area contributed by atoms with E-state index in [2.05, 4.69) is 4.98 Å². The predicted octanol–water partition coefficient (Wildman–Crippen LogP) is -1.90. The third-order valence-electron chi connectivity index (χ3n) is 1.12. The fourth-order valence-corrected chi connectivity index (χ4v) is 0.616. The Morgan fingerprint density at radius 1 is 1.67 bits per heavy atom. The Hall–Kier alpha value is -0.805. The Balaban J connectivity index is 2.94. The summed E-state index contributed by atoms with van der Waals surface area (Å²) in [6.07, 6.45) is 2.92. The van der Waals surface area contributed by atoms with Gasteiger partial charge < -0.3 is 14.6 Å². The molecule has 48 valence electrons. The normalized spacial score (nSPS) is 9.67. The van der Waals surface area contributed by atoms with Gasteiger partial charge in [0, 0.05) is 13.2 Å². The Bertz CT molecular complexity index is 198. The van der Waals surface area contributed by atoms with Crippen molar-refractivity contribution in [1.29, 1.82) is 0 Å². The van der Waals surface area contributed by atoms with Crippen molar-refractivity contribution in [2.24, 2.45) is 7.05 Å². The first-order valence-electron chi connectivity index (χ1n) is 2.54. The molecule has 0 atom stereocenters. The van der Waals surface area contributed by atoms with Crippen LogP contribution in [0.25, 0.3) is 0 Å². The highest BCUT2D eigenvalue weighted by Gasteiger charge is 2.13. The average Bonchev–Trinajstić information content (AvgIpc) is 2.13. The minimum Gasteiger partial charge on any atom is -0.422 e. The molecule has 0 spiro atoms. The molecule has 0 aliphatic heterocycles. The van der Waals surface area contributed by atoms with Gasteiger partial charge in [-0.05, 0) is 0 Å². The molecule has 0 amide bonds. The van der Waals surface area contributed by atoms with Gasteiger partial charge in [-0.3, -0.25) is 0 Å². The molecule has 0 radical (unpaired) electrons. The number of hydrogen-bond acceptors (Lipinski definition) is 3. The van der Waals surface area contributed by atoms with E-state index in [-0.39, 0.29) is 0 Å². The third kappa shape index (κ3) is 1.12. The highest BCUT2D eigenvalue weighted by molar-refractivity contribution is 6.57. The lowest BCUT2D eigenvalue weighted by Gasteiger charge is -1.96. The average molecular weight is 126 g/mol. The largest absolute Gasteiger partial charge is 0.507 e. The molecular weight excluding hydrogens is 119 g/mol. The highest BCUT2D eigenvalue weighted by atomic mass is 16.4. The molecule has 1 heterocycles. The van der Waals surface area contributed by atoms with Crippen LogP contribution in [0.1, 0.15) is 0 Å². The lowest BCUT2D eigenvalue weighted by Crippen LogP contribution is -2.34. The van der Waals surface area contributed by atoms with E-state index >= 15 is 0 Å². The summed E-state index contributed by atoms with van der Waals surface area (Å²) in [4.78, 5) is 3.69. The van der Waals surface area contributed by atoms with Crippen LogP contribution < -0.4 is 5.59 Å². The predicted molar refractivity (Wildman–Crippen MR) is 33.0 cm³/mol. The number of hydrogen-bond donors (Lipinski definition) is 2. The van der Waals surface area contributed by atoms with Crippen molar-refractivity contribution in [3.8, 4) is 0 Å². The maximum absolute atomic E-state index is 8.59. The Morgan fingerprint density at radius 2 is 2.33 bits per heavy atom. The van der Waals surface area contributed by atoms with Crippen molar-refractivity contribution in [3.05, 3.63) is 12.5 Å². The number of nitrogens with zero attached hydrogens (tertiary/aromatic N) is 2. The molecule has 0 unspecified atom stereocenters. The van der Waals surface area contributed by atoms with Crippen molar-refractivity contribution in [2.45, 2.75) is 0 Å². The van der Waals surface area contributed by atoms with E-state index in [0.717, 1.165) is 0 Å². The van der Waals surface area contributed by atoms with E-state index in [0.29, 0.717) is 5.59 Å². The van der Waals surface area contributed by atoms with Gasteiger partial charge in [-0.15, -0.1) is 0 Å². The summed E-state index contributed by atoms with van der Waals surface area (Å²) in [7, 11) is 0.277. The van der Waals surface area contributed by atoms with Gasteiger partial charge >= 0.3 is 7.12 Å². The van der Waals surface area contributed by atoms with E-state index in [1.807, 2.05) is 0 Å². The van der Waals surface area contributed by atoms with Crippen molar-refractivity contribution in [2.75, 3.05) is 0 Å². The van der Waals surface area contributed by atoms with Crippen LogP contribution in [-0.4, -0.2) is 26.7 Å². The Labute approximate surface area is 52.9 Å². The molecule has 0 aliphatic carbocycles. The summed E-state index contributed by atoms with van der Waals surface area (Å²) in [5, 5.41) is 17.2. The SMILES string of the molecule is Cn1cncc1B(O)O. The zero-order chi connectivity index (χ0) is 6.85. The maximum atomic E-state index is 8.59. The first kappa shape index (κ1) is 6.32. The molecule has 2 N–H and O–H groups in total. The van der Waals surface area contributed by atoms with Crippen LogP contribution in [0.3, 0.4) is 0 Å². The van der Waals surface area contributed by atoms with Gasteiger partial charge in [-0.2, -0.15) is 0 Å². The van der Waals surface area contributed by atoms with Crippen molar-refractivity contribution < 1.29 is 10.0 Å². The lowest BCUT2D eigenvalue weighted by molar-refractivity contribution is 0.422. The summed E-state index contributed by atoms with van der Waals surface area (Å²) in [5.41, 5.74) is 0.398. The molecule has 4 nitrogen and oxygen atoms in total. The number of aryl methyl sites for hydroxylation is 1. The molecule has 0 aliphatic rings. The van der Waals surface area contributed by atoms with Crippen LogP contribution in [0.4, 0.5) is 0 Å². The number of imidazole rings is 1. The first-order valence-corrected chi connectivity index (χ1v) is 2.54.